The van der Waals surface area contributed by atoms with Gasteiger partial charge in [-0.05, 0) is 42.0 Å². The number of halogens is 1. The predicted octanol–water partition coefficient (Wildman–Crippen LogP) is 3.94. The van der Waals surface area contributed by atoms with Crippen LogP contribution in [0.25, 0.3) is 11.4 Å². The lowest BCUT2D eigenvalue weighted by molar-refractivity contribution is -0.128. The number of carbonyl (C=O) groups is 2. The van der Waals surface area contributed by atoms with Gasteiger partial charge >= 0.3 is 0 Å². The Labute approximate surface area is 173 Å². The van der Waals surface area contributed by atoms with Gasteiger partial charge < -0.3 is 14.7 Å². The molecule has 0 spiro atoms. The van der Waals surface area contributed by atoms with E-state index in [2.05, 4.69) is 15.5 Å². The van der Waals surface area contributed by atoms with Gasteiger partial charge in [-0.15, -0.1) is 0 Å². The zero-order chi connectivity index (χ0) is 20.8. The fourth-order valence-electron chi connectivity index (χ4n) is 2.65. The standard InChI is InChI=1S/C21H21ClN4O3/c1-14(27)26(2)13-15-4-3-5-18(12-15)23-19(28)10-11-20-24-21(25-29-20)16-6-8-17(22)9-7-16/h3-9,12H,10-11,13H2,1-2H3,(H,23,28). The van der Waals surface area contributed by atoms with Gasteiger partial charge in [-0.3, -0.25) is 9.59 Å². The summed E-state index contributed by atoms with van der Waals surface area (Å²) in [5, 5.41) is 7.42. The zero-order valence-corrected chi connectivity index (χ0v) is 16.9. The summed E-state index contributed by atoms with van der Waals surface area (Å²) >= 11 is 5.88. The minimum absolute atomic E-state index is 0.0167. The van der Waals surface area contributed by atoms with E-state index in [1.165, 1.54) is 6.92 Å². The Morgan fingerprint density at radius 2 is 1.93 bits per heavy atom. The maximum atomic E-state index is 12.3. The van der Waals surface area contributed by atoms with Gasteiger partial charge in [0, 0.05) is 49.6 Å². The van der Waals surface area contributed by atoms with Gasteiger partial charge in [-0.1, -0.05) is 28.9 Å². The zero-order valence-electron chi connectivity index (χ0n) is 16.2. The number of nitrogens with one attached hydrogen (secondary N) is 1. The number of nitrogens with zero attached hydrogens (tertiary/aromatic N) is 3. The van der Waals surface area contributed by atoms with Crippen LogP contribution in [0.2, 0.25) is 5.02 Å². The Balaban J connectivity index is 1.54. The van der Waals surface area contributed by atoms with Gasteiger partial charge in [0.25, 0.3) is 0 Å². The summed E-state index contributed by atoms with van der Waals surface area (Å²) in [5.41, 5.74) is 2.41. The molecule has 150 valence electrons. The summed E-state index contributed by atoms with van der Waals surface area (Å²) in [5.74, 6) is 0.673. The van der Waals surface area contributed by atoms with Gasteiger partial charge in [-0.25, -0.2) is 0 Å². The van der Waals surface area contributed by atoms with Crippen molar-refractivity contribution in [2.24, 2.45) is 0 Å². The van der Waals surface area contributed by atoms with Gasteiger partial charge in [-0.2, -0.15) is 4.98 Å². The Kier molecular flexibility index (Phi) is 6.61. The van der Waals surface area contributed by atoms with Gasteiger partial charge in [0.05, 0.1) is 0 Å². The van der Waals surface area contributed by atoms with E-state index >= 15 is 0 Å². The third-order valence-corrected chi connectivity index (χ3v) is 4.56. The lowest BCUT2D eigenvalue weighted by Gasteiger charge is -2.15. The summed E-state index contributed by atoms with van der Waals surface area (Å²) in [6.07, 6.45) is 0.541. The fourth-order valence-corrected chi connectivity index (χ4v) is 2.78. The summed E-state index contributed by atoms with van der Waals surface area (Å²) < 4.78 is 5.22. The highest BCUT2D eigenvalue weighted by Crippen LogP contribution is 2.19. The Hall–Kier alpha value is -3.19. The van der Waals surface area contributed by atoms with Crippen LogP contribution >= 0.6 is 11.6 Å². The molecule has 0 saturated carbocycles. The summed E-state index contributed by atoms with van der Waals surface area (Å²) in [4.78, 5) is 29.5. The van der Waals surface area contributed by atoms with Crippen molar-refractivity contribution < 1.29 is 14.1 Å². The highest BCUT2D eigenvalue weighted by molar-refractivity contribution is 6.30. The molecule has 2 amide bonds. The Morgan fingerprint density at radius 1 is 1.17 bits per heavy atom. The Bertz CT molecular complexity index is 1000. The molecule has 0 atom stereocenters. The number of amides is 2. The van der Waals surface area contributed by atoms with Crippen molar-refractivity contribution in [2.45, 2.75) is 26.3 Å². The lowest BCUT2D eigenvalue weighted by atomic mass is 10.2. The second kappa shape index (κ2) is 9.34. The molecule has 0 radical (unpaired) electrons. The molecule has 8 heteroatoms. The molecule has 0 saturated heterocycles. The quantitative estimate of drug-likeness (QED) is 0.635. The van der Waals surface area contributed by atoms with Crippen molar-refractivity contribution in [3.05, 3.63) is 65.0 Å². The first-order chi connectivity index (χ1) is 13.9. The molecule has 0 aliphatic carbocycles. The highest BCUT2D eigenvalue weighted by Gasteiger charge is 2.11. The maximum absolute atomic E-state index is 12.3. The van der Waals surface area contributed by atoms with Gasteiger partial charge in [0.15, 0.2) is 0 Å². The van der Waals surface area contributed by atoms with Gasteiger partial charge in [0.1, 0.15) is 0 Å². The van der Waals surface area contributed by atoms with Gasteiger partial charge in [0.2, 0.25) is 23.5 Å². The van der Waals surface area contributed by atoms with E-state index < -0.39 is 0 Å². The molecule has 2 aromatic carbocycles. The molecule has 1 heterocycles. The first-order valence-electron chi connectivity index (χ1n) is 9.10. The van der Waals surface area contributed by atoms with E-state index in [9.17, 15) is 9.59 Å². The molecule has 0 bridgehead atoms. The van der Waals surface area contributed by atoms with Crippen molar-refractivity contribution in [2.75, 3.05) is 12.4 Å². The molecule has 1 N–H and O–H groups in total. The van der Waals surface area contributed by atoms with Crippen LogP contribution < -0.4 is 5.32 Å². The maximum Gasteiger partial charge on any atom is 0.227 e. The van der Waals surface area contributed by atoms with E-state index in [1.54, 1.807) is 42.3 Å². The lowest BCUT2D eigenvalue weighted by Crippen LogP contribution is -2.23. The van der Waals surface area contributed by atoms with Crippen molar-refractivity contribution in [3.8, 4) is 11.4 Å². The normalized spacial score (nSPS) is 10.6. The van der Waals surface area contributed by atoms with E-state index in [4.69, 9.17) is 16.1 Å². The van der Waals surface area contributed by atoms with Crippen LogP contribution in [0, 0.1) is 0 Å². The molecular formula is C21H21ClN4O3. The monoisotopic (exact) mass is 412 g/mol. The number of aryl methyl sites for hydroxylation is 1. The minimum atomic E-state index is -0.159. The van der Waals surface area contributed by atoms with E-state index in [0.29, 0.717) is 35.4 Å². The molecule has 7 nitrogen and oxygen atoms in total. The van der Waals surface area contributed by atoms with Crippen molar-refractivity contribution in [1.29, 1.82) is 0 Å². The summed E-state index contributed by atoms with van der Waals surface area (Å²) in [6.45, 7) is 2.00. The minimum Gasteiger partial charge on any atom is -0.342 e. The molecule has 1 aromatic heterocycles. The molecule has 3 aromatic rings. The molecule has 0 unspecified atom stereocenters. The predicted molar refractivity (Wildman–Crippen MR) is 110 cm³/mol. The first-order valence-corrected chi connectivity index (χ1v) is 9.47. The second-order valence-corrected chi connectivity index (χ2v) is 7.08. The number of benzene rings is 2. The van der Waals surface area contributed by atoms with Crippen LogP contribution in [0.4, 0.5) is 5.69 Å². The van der Waals surface area contributed by atoms with Crippen LogP contribution in [-0.4, -0.2) is 33.9 Å². The van der Waals surface area contributed by atoms with Crippen LogP contribution in [-0.2, 0) is 22.6 Å². The van der Waals surface area contributed by atoms with E-state index in [0.717, 1.165) is 11.1 Å². The van der Waals surface area contributed by atoms with Crippen molar-refractivity contribution in [1.82, 2.24) is 15.0 Å². The molecule has 29 heavy (non-hydrogen) atoms. The SMILES string of the molecule is CC(=O)N(C)Cc1cccc(NC(=O)CCc2nc(-c3ccc(Cl)cc3)no2)c1. The topological polar surface area (TPSA) is 88.3 Å². The van der Waals surface area contributed by atoms with Crippen LogP contribution in [0.3, 0.4) is 0 Å². The third-order valence-electron chi connectivity index (χ3n) is 4.30. The third kappa shape index (κ3) is 5.89. The number of carbonyl (C=O) groups excluding carboxylic acids is 2. The van der Waals surface area contributed by atoms with Crippen LogP contribution in [0.1, 0.15) is 24.8 Å². The average Bonchev–Trinajstić information content (AvgIpc) is 3.16. The highest BCUT2D eigenvalue weighted by atomic mass is 35.5. The first kappa shape index (κ1) is 20.5. The molecule has 3 rings (SSSR count). The smallest absolute Gasteiger partial charge is 0.227 e. The number of rotatable bonds is 7. The van der Waals surface area contributed by atoms with E-state index in [1.807, 2.05) is 18.2 Å². The summed E-state index contributed by atoms with van der Waals surface area (Å²) in [6, 6.07) is 14.5. The van der Waals surface area contributed by atoms with Crippen LogP contribution in [0.5, 0.6) is 0 Å². The largest absolute Gasteiger partial charge is 0.342 e. The Morgan fingerprint density at radius 3 is 2.66 bits per heavy atom. The average molecular weight is 413 g/mol. The van der Waals surface area contributed by atoms with Crippen LogP contribution in [0.15, 0.2) is 53.1 Å². The second-order valence-electron chi connectivity index (χ2n) is 6.64. The fraction of sp³-hybridized carbons (Fsp3) is 0.238. The number of hydrogen-bond acceptors (Lipinski definition) is 5. The number of anilines is 1. The molecule has 0 aliphatic rings. The number of aromatic nitrogens is 2. The molecule has 0 fully saturated rings. The van der Waals surface area contributed by atoms with Crippen molar-refractivity contribution in [3.63, 3.8) is 0 Å². The van der Waals surface area contributed by atoms with Crippen molar-refractivity contribution >= 4 is 29.1 Å². The summed E-state index contributed by atoms with van der Waals surface area (Å²) in [7, 11) is 1.73. The number of hydrogen-bond donors (Lipinski definition) is 1. The molecular weight excluding hydrogens is 392 g/mol. The molecule has 0 aliphatic heterocycles. The van der Waals surface area contributed by atoms with E-state index in [-0.39, 0.29) is 18.2 Å².